The van der Waals surface area contributed by atoms with E-state index in [9.17, 15) is 0 Å². The largest absolute Gasteiger partial charge is 0.308 e. The number of rotatable bonds is 2. The van der Waals surface area contributed by atoms with Gasteiger partial charge in [0, 0.05) is 12.2 Å². The molecule has 2 heterocycles. The van der Waals surface area contributed by atoms with Crippen molar-refractivity contribution < 1.29 is 0 Å². The van der Waals surface area contributed by atoms with Gasteiger partial charge in [0.15, 0.2) is 5.65 Å². The number of alkyl halides is 1. The van der Waals surface area contributed by atoms with Gasteiger partial charge in [-0.05, 0) is 43.7 Å². The maximum absolute atomic E-state index is 6.36. The molecule has 20 heavy (non-hydrogen) atoms. The first-order chi connectivity index (χ1) is 9.48. The van der Waals surface area contributed by atoms with Gasteiger partial charge in [-0.25, -0.2) is 9.97 Å². The van der Waals surface area contributed by atoms with Crippen LogP contribution in [0.5, 0.6) is 0 Å². The Labute approximate surface area is 125 Å². The van der Waals surface area contributed by atoms with Crippen LogP contribution in [0.4, 0.5) is 0 Å². The molecule has 0 radical (unpaired) electrons. The van der Waals surface area contributed by atoms with E-state index in [1.54, 1.807) is 0 Å². The first-order valence-corrected chi connectivity index (χ1v) is 7.88. The molecule has 2 unspecified atom stereocenters. The summed E-state index contributed by atoms with van der Waals surface area (Å²) in [4.78, 5) is 9.25. The van der Waals surface area contributed by atoms with Crippen molar-refractivity contribution in [3.05, 3.63) is 24.2 Å². The number of nitrogens with zero attached hydrogens (tertiary/aromatic N) is 3. The Bertz CT molecular complexity index is 615. The lowest BCUT2D eigenvalue weighted by Gasteiger charge is -2.36. The highest BCUT2D eigenvalue weighted by Gasteiger charge is 2.32. The Hall–Kier alpha value is -1.09. The molecule has 0 saturated heterocycles. The zero-order chi connectivity index (χ0) is 14.3. The molecule has 1 saturated carbocycles. The van der Waals surface area contributed by atoms with Crippen molar-refractivity contribution in [3.63, 3.8) is 0 Å². The van der Waals surface area contributed by atoms with Gasteiger partial charge in [0.25, 0.3) is 0 Å². The average Bonchev–Trinajstić information content (AvgIpc) is 2.77. The summed E-state index contributed by atoms with van der Waals surface area (Å²) < 4.78 is 2.30. The zero-order valence-electron chi connectivity index (χ0n) is 12.4. The lowest BCUT2D eigenvalue weighted by Crippen LogP contribution is -2.26. The molecule has 108 valence electrons. The molecular formula is C16H22ClN3. The summed E-state index contributed by atoms with van der Waals surface area (Å²) in [6, 6.07) is 4.43. The normalized spacial score (nSPS) is 23.9. The van der Waals surface area contributed by atoms with E-state index in [1.807, 2.05) is 25.3 Å². The van der Waals surface area contributed by atoms with Gasteiger partial charge in [-0.15, -0.1) is 11.6 Å². The van der Waals surface area contributed by atoms with Crippen molar-refractivity contribution in [2.45, 2.75) is 57.9 Å². The van der Waals surface area contributed by atoms with Gasteiger partial charge in [-0.3, -0.25) is 0 Å². The molecule has 1 fully saturated rings. The summed E-state index contributed by atoms with van der Waals surface area (Å²) >= 11 is 6.36. The van der Waals surface area contributed by atoms with E-state index in [4.69, 9.17) is 16.6 Å². The van der Waals surface area contributed by atoms with Crippen molar-refractivity contribution >= 4 is 22.8 Å². The second-order valence-electron chi connectivity index (χ2n) is 6.72. The minimum absolute atomic E-state index is 0.0887. The van der Waals surface area contributed by atoms with Crippen LogP contribution >= 0.6 is 11.6 Å². The number of hydrogen-bond donors (Lipinski definition) is 0. The van der Waals surface area contributed by atoms with Crippen molar-refractivity contribution in [2.75, 3.05) is 0 Å². The van der Waals surface area contributed by atoms with E-state index in [0.29, 0.717) is 11.5 Å². The van der Waals surface area contributed by atoms with Crippen LogP contribution in [0.25, 0.3) is 11.2 Å². The number of aromatic nitrogens is 3. The van der Waals surface area contributed by atoms with Crippen molar-refractivity contribution in [3.8, 4) is 0 Å². The lowest BCUT2D eigenvalue weighted by atomic mass is 9.75. The van der Waals surface area contributed by atoms with E-state index >= 15 is 0 Å². The molecule has 3 nitrogen and oxygen atoms in total. The summed E-state index contributed by atoms with van der Waals surface area (Å²) in [6.45, 7) is 6.71. The third-order valence-electron chi connectivity index (χ3n) is 4.38. The molecule has 1 aliphatic carbocycles. The molecule has 4 heteroatoms. The summed E-state index contributed by atoms with van der Waals surface area (Å²) in [5.41, 5.74) is 2.33. The number of halogens is 1. The van der Waals surface area contributed by atoms with Crippen LogP contribution in [0, 0.1) is 5.41 Å². The molecule has 0 amide bonds. The summed E-state index contributed by atoms with van der Waals surface area (Å²) in [7, 11) is 0. The SMILES string of the molecule is CC(Cl)c1nc2cccnc2n1C1CCCC(C)(C)C1. The molecule has 0 aromatic carbocycles. The average molecular weight is 292 g/mol. The fourth-order valence-corrected chi connectivity index (χ4v) is 3.62. The van der Waals surface area contributed by atoms with Gasteiger partial charge in [-0.2, -0.15) is 0 Å². The molecular weight excluding hydrogens is 270 g/mol. The number of imidazole rings is 1. The molecule has 3 rings (SSSR count). The van der Waals surface area contributed by atoms with Crippen LogP contribution in [0.3, 0.4) is 0 Å². The molecule has 0 aliphatic heterocycles. The van der Waals surface area contributed by atoms with Crippen LogP contribution in [0.2, 0.25) is 0 Å². The van der Waals surface area contributed by atoms with E-state index < -0.39 is 0 Å². The third kappa shape index (κ3) is 2.44. The highest BCUT2D eigenvalue weighted by Crippen LogP contribution is 2.43. The summed E-state index contributed by atoms with van der Waals surface area (Å²) in [5, 5.41) is -0.0887. The molecule has 2 atom stereocenters. The first-order valence-electron chi connectivity index (χ1n) is 7.45. The summed E-state index contributed by atoms with van der Waals surface area (Å²) in [5.74, 6) is 0.961. The molecule has 1 aliphatic rings. The molecule has 2 aromatic heterocycles. The van der Waals surface area contributed by atoms with Gasteiger partial charge in [-0.1, -0.05) is 20.3 Å². The van der Waals surface area contributed by atoms with Gasteiger partial charge < -0.3 is 4.57 Å². The van der Waals surface area contributed by atoms with E-state index in [-0.39, 0.29) is 5.38 Å². The van der Waals surface area contributed by atoms with Crippen molar-refractivity contribution in [1.29, 1.82) is 0 Å². The van der Waals surface area contributed by atoms with Gasteiger partial charge >= 0.3 is 0 Å². The van der Waals surface area contributed by atoms with Crippen LogP contribution in [0.1, 0.15) is 63.7 Å². The topological polar surface area (TPSA) is 30.7 Å². The van der Waals surface area contributed by atoms with E-state index in [2.05, 4.69) is 23.4 Å². The minimum atomic E-state index is -0.0887. The monoisotopic (exact) mass is 291 g/mol. The quantitative estimate of drug-likeness (QED) is 0.739. The Morgan fingerprint density at radius 1 is 1.45 bits per heavy atom. The second-order valence-corrected chi connectivity index (χ2v) is 7.37. The lowest BCUT2D eigenvalue weighted by molar-refractivity contribution is 0.183. The maximum Gasteiger partial charge on any atom is 0.160 e. The zero-order valence-corrected chi connectivity index (χ0v) is 13.2. The van der Waals surface area contributed by atoms with E-state index in [0.717, 1.165) is 17.0 Å². The number of hydrogen-bond acceptors (Lipinski definition) is 2. The maximum atomic E-state index is 6.36. The fraction of sp³-hybridized carbons (Fsp3) is 0.625. The molecule has 2 aromatic rings. The Morgan fingerprint density at radius 3 is 2.95 bits per heavy atom. The highest BCUT2D eigenvalue weighted by molar-refractivity contribution is 6.20. The van der Waals surface area contributed by atoms with Gasteiger partial charge in [0.05, 0.1) is 5.38 Å². The Kier molecular flexibility index (Phi) is 3.49. The summed E-state index contributed by atoms with van der Waals surface area (Å²) in [6.07, 6.45) is 6.78. The number of pyridine rings is 1. The van der Waals surface area contributed by atoms with Gasteiger partial charge in [0.1, 0.15) is 11.3 Å². The predicted octanol–water partition coefficient (Wildman–Crippen LogP) is 4.87. The minimum Gasteiger partial charge on any atom is -0.308 e. The van der Waals surface area contributed by atoms with E-state index in [1.165, 1.54) is 25.7 Å². The van der Waals surface area contributed by atoms with Crippen LogP contribution in [-0.4, -0.2) is 14.5 Å². The number of fused-ring (bicyclic) bond motifs is 1. The Balaban J connectivity index is 2.11. The first kappa shape index (κ1) is 13.9. The molecule has 0 bridgehead atoms. The smallest absolute Gasteiger partial charge is 0.160 e. The molecule has 0 N–H and O–H groups in total. The van der Waals surface area contributed by atoms with Crippen LogP contribution in [-0.2, 0) is 0 Å². The van der Waals surface area contributed by atoms with Crippen molar-refractivity contribution in [1.82, 2.24) is 14.5 Å². The molecule has 0 spiro atoms. The Morgan fingerprint density at radius 2 is 2.25 bits per heavy atom. The third-order valence-corrected chi connectivity index (χ3v) is 4.57. The highest BCUT2D eigenvalue weighted by atomic mass is 35.5. The van der Waals surface area contributed by atoms with Gasteiger partial charge in [0.2, 0.25) is 0 Å². The second kappa shape index (κ2) is 5.03. The predicted molar refractivity (Wildman–Crippen MR) is 83.1 cm³/mol. The standard InChI is InChI=1S/C16H22ClN3/c1-11(17)14-19-13-7-5-9-18-15(13)20(14)12-6-4-8-16(2,3)10-12/h5,7,9,11-12H,4,6,8,10H2,1-3H3. The van der Waals surface area contributed by atoms with Crippen LogP contribution in [0.15, 0.2) is 18.3 Å². The fourth-order valence-electron chi connectivity index (χ4n) is 3.47. The van der Waals surface area contributed by atoms with Crippen molar-refractivity contribution in [2.24, 2.45) is 5.41 Å². The van der Waals surface area contributed by atoms with Crippen LogP contribution < -0.4 is 0 Å².